The number of aromatic nitrogens is 1. The number of morpholine rings is 1. The topological polar surface area (TPSA) is 51.4 Å². The highest BCUT2D eigenvalue weighted by Gasteiger charge is 2.25. The normalized spacial score (nSPS) is 18.2. The first kappa shape index (κ1) is 14.9. The summed E-state index contributed by atoms with van der Waals surface area (Å²) in [4.78, 5) is 8.46. The average Bonchev–Trinajstić information content (AvgIpc) is 2.74. The molecule has 1 aliphatic heterocycles. The highest BCUT2D eigenvalue weighted by Crippen LogP contribution is 2.33. The summed E-state index contributed by atoms with van der Waals surface area (Å²) in [5.74, 6) is 0.424. The summed E-state index contributed by atoms with van der Waals surface area (Å²) in [6.07, 6.45) is 0. The second kappa shape index (κ2) is 5.87. The van der Waals surface area contributed by atoms with Gasteiger partial charge in [0.15, 0.2) is 0 Å². The molecule has 0 atom stereocenters. The van der Waals surface area contributed by atoms with Crippen LogP contribution in [0.4, 0.5) is 0 Å². The molecule has 0 saturated carbocycles. The Morgan fingerprint density at radius 1 is 1.37 bits per heavy atom. The third-order valence-electron chi connectivity index (χ3n) is 3.29. The quantitative estimate of drug-likeness (QED) is 0.921. The van der Waals surface area contributed by atoms with Gasteiger partial charge in [0.25, 0.3) is 0 Å². The number of nitrogens with two attached hydrogens (primary N) is 1. The lowest BCUT2D eigenvalue weighted by Crippen LogP contribution is -2.35. The highest BCUT2D eigenvalue weighted by molar-refractivity contribution is 7.11. The maximum absolute atomic E-state index is 6.28. The number of ether oxygens (including phenoxy) is 1. The minimum atomic E-state index is -0.305. The van der Waals surface area contributed by atoms with Gasteiger partial charge in [-0.2, -0.15) is 0 Å². The maximum Gasteiger partial charge on any atom is 0.107 e. The van der Waals surface area contributed by atoms with E-state index in [1.165, 1.54) is 15.6 Å². The van der Waals surface area contributed by atoms with Crippen LogP contribution in [-0.4, -0.2) is 36.2 Å². The summed E-state index contributed by atoms with van der Waals surface area (Å²) in [6.45, 7) is 13.1. The number of rotatable bonds is 4. The van der Waals surface area contributed by atoms with Crippen LogP contribution < -0.4 is 5.73 Å². The van der Waals surface area contributed by atoms with Gasteiger partial charge in [0.1, 0.15) is 5.01 Å². The third kappa shape index (κ3) is 3.75. The van der Waals surface area contributed by atoms with E-state index in [9.17, 15) is 0 Å². The fourth-order valence-corrected chi connectivity index (χ4v) is 3.52. The van der Waals surface area contributed by atoms with Crippen LogP contribution in [0.3, 0.4) is 0 Å². The predicted octanol–water partition coefficient (Wildman–Crippen LogP) is 2.29. The molecule has 0 spiro atoms. The van der Waals surface area contributed by atoms with E-state index in [1.54, 1.807) is 11.3 Å². The Kier molecular flexibility index (Phi) is 4.61. The van der Waals surface area contributed by atoms with Gasteiger partial charge in [-0.1, -0.05) is 13.8 Å². The Bertz CT molecular complexity index is 417. The Labute approximate surface area is 120 Å². The lowest BCUT2D eigenvalue weighted by atomic mass is 9.98. The van der Waals surface area contributed by atoms with Crippen molar-refractivity contribution in [3.05, 3.63) is 15.6 Å². The Hall–Kier alpha value is -0.490. The van der Waals surface area contributed by atoms with Crippen molar-refractivity contribution in [1.29, 1.82) is 0 Å². The molecule has 0 amide bonds. The standard InChI is InChI=1S/C14H25N3OS/c1-10(2)12-13(14(3,4)15)19-11(16-12)9-17-5-7-18-8-6-17/h10H,5-9,15H2,1-4H3. The summed E-state index contributed by atoms with van der Waals surface area (Å²) in [6, 6.07) is 0. The third-order valence-corrected chi connectivity index (χ3v) is 4.69. The summed E-state index contributed by atoms with van der Waals surface area (Å²) < 4.78 is 5.38. The van der Waals surface area contributed by atoms with Crippen LogP contribution >= 0.6 is 11.3 Å². The lowest BCUT2D eigenvalue weighted by molar-refractivity contribution is 0.0341. The van der Waals surface area contributed by atoms with Gasteiger partial charge < -0.3 is 10.5 Å². The van der Waals surface area contributed by atoms with Crippen molar-refractivity contribution in [3.63, 3.8) is 0 Å². The first-order valence-electron chi connectivity index (χ1n) is 6.97. The van der Waals surface area contributed by atoms with E-state index in [2.05, 4.69) is 32.6 Å². The van der Waals surface area contributed by atoms with Gasteiger partial charge in [0.2, 0.25) is 0 Å². The second-order valence-electron chi connectivity index (χ2n) is 6.09. The van der Waals surface area contributed by atoms with E-state index in [0.717, 1.165) is 32.8 Å². The number of nitrogens with zero attached hydrogens (tertiary/aromatic N) is 2. The monoisotopic (exact) mass is 283 g/mol. The zero-order valence-electron chi connectivity index (χ0n) is 12.4. The molecule has 108 valence electrons. The number of hydrogen-bond acceptors (Lipinski definition) is 5. The molecule has 2 heterocycles. The minimum Gasteiger partial charge on any atom is -0.379 e. The van der Waals surface area contributed by atoms with Crippen molar-refractivity contribution >= 4 is 11.3 Å². The van der Waals surface area contributed by atoms with E-state index in [1.807, 2.05) is 0 Å². The molecular weight excluding hydrogens is 258 g/mol. The summed E-state index contributed by atoms with van der Waals surface area (Å²) >= 11 is 1.77. The van der Waals surface area contributed by atoms with Crippen LogP contribution in [0, 0.1) is 0 Å². The first-order chi connectivity index (χ1) is 8.88. The van der Waals surface area contributed by atoms with Gasteiger partial charge >= 0.3 is 0 Å². The molecule has 1 aliphatic rings. The molecular formula is C14H25N3OS. The molecule has 1 aromatic rings. The van der Waals surface area contributed by atoms with Crippen LogP contribution in [0.15, 0.2) is 0 Å². The van der Waals surface area contributed by atoms with Gasteiger partial charge in [-0.25, -0.2) is 4.98 Å². The van der Waals surface area contributed by atoms with Gasteiger partial charge in [-0.15, -0.1) is 11.3 Å². The molecule has 0 aliphatic carbocycles. The minimum absolute atomic E-state index is 0.305. The molecule has 0 aromatic carbocycles. The van der Waals surface area contributed by atoms with Gasteiger partial charge in [-0.05, 0) is 19.8 Å². The fraction of sp³-hybridized carbons (Fsp3) is 0.786. The first-order valence-corrected chi connectivity index (χ1v) is 7.78. The SMILES string of the molecule is CC(C)c1nc(CN2CCOCC2)sc1C(C)(C)N. The molecule has 0 radical (unpaired) electrons. The fourth-order valence-electron chi connectivity index (χ4n) is 2.25. The second-order valence-corrected chi connectivity index (χ2v) is 7.17. The lowest BCUT2D eigenvalue weighted by Gasteiger charge is -2.25. The van der Waals surface area contributed by atoms with Crippen molar-refractivity contribution < 1.29 is 4.74 Å². The molecule has 0 bridgehead atoms. The van der Waals surface area contributed by atoms with Crippen molar-refractivity contribution in [2.24, 2.45) is 5.73 Å². The van der Waals surface area contributed by atoms with Crippen molar-refractivity contribution in [2.45, 2.75) is 45.7 Å². The Morgan fingerprint density at radius 2 is 2.00 bits per heavy atom. The largest absolute Gasteiger partial charge is 0.379 e. The van der Waals surface area contributed by atoms with Crippen LogP contribution in [0.1, 0.15) is 49.2 Å². The van der Waals surface area contributed by atoms with E-state index in [-0.39, 0.29) is 5.54 Å². The molecule has 1 fully saturated rings. The van der Waals surface area contributed by atoms with Crippen molar-refractivity contribution in [3.8, 4) is 0 Å². The highest BCUT2D eigenvalue weighted by atomic mass is 32.1. The molecule has 4 nitrogen and oxygen atoms in total. The van der Waals surface area contributed by atoms with Crippen LogP contribution in [0.25, 0.3) is 0 Å². The number of hydrogen-bond donors (Lipinski definition) is 1. The molecule has 1 saturated heterocycles. The van der Waals surface area contributed by atoms with Crippen LogP contribution in [-0.2, 0) is 16.8 Å². The van der Waals surface area contributed by atoms with Crippen LogP contribution in [0.2, 0.25) is 0 Å². The predicted molar refractivity (Wildman–Crippen MR) is 79.5 cm³/mol. The van der Waals surface area contributed by atoms with E-state index >= 15 is 0 Å². The number of thiazole rings is 1. The zero-order chi connectivity index (χ0) is 14.0. The van der Waals surface area contributed by atoms with E-state index in [4.69, 9.17) is 15.5 Å². The van der Waals surface area contributed by atoms with Gasteiger partial charge in [0, 0.05) is 23.5 Å². The smallest absolute Gasteiger partial charge is 0.107 e. The van der Waals surface area contributed by atoms with Crippen molar-refractivity contribution in [2.75, 3.05) is 26.3 Å². The van der Waals surface area contributed by atoms with Crippen molar-refractivity contribution in [1.82, 2.24) is 9.88 Å². The molecule has 0 unspecified atom stereocenters. The van der Waals surface area contributed by atoms with E-state index < -0.39 is 0 Å². The van der Waals surface area contributed by atoms with Gasteiger partial charge in [-0.3, -0.25) is 4.90 Å². The molecule has 2 N–H and O–H groups in total. The Morgan fingerprint density at radius 3 is 2.47 bits per heavy atom. The van der Waals surface area contributed by atoms with Gasteiger partial charge in [0.05, 0.1) is 25.5 Å². The summed E-state index contributed by atoms with van der Waals surface area (Å²) in [5.41, 5.74) is 7.14. The molecule has 5 heteroatoms. The zero-order valence-corrected chi connectivity index (χ0v) is 13.2. The molecule has 1 aromatic heterocycles. The molecule has 19 heavy (non-hydrogen) atoms. The molecule has 2 rings (SSSR count). The average molecular weight is 283 g/mol. The van der Waals surface area contributed by atoms with E-state index in [0.29, 0.717) is 5.92 Å². The van der Waals surface area contributed by atoms with Crippen LogP contribution in [0.5, 0.6) is 0 Å². The summed E-state index contributed by atoms with van der Waals surface area (Å²) in [5, 5.41) is 1.18. The Balaban J connectivity index is 2.17. The maximum atomic E-state index is 6.28. The summed E-state index contributed by atoms with van der Waals surface area (Å²) in [7, 11) is 0.